The van der Waals surface area contributed by atoms with Crippen LogP contribution in [-0.2, 0) is 0 Å². The molecule has 0 aliphatic carbocycles. The van der Waals surface area contributed by atoms with Gasteiger partial charge in [0.1, 0.15) is 0 Å². The number of aliphatic hydroxyl groups excluding tert-OH is 2. The minimum Gasteiger partial charge on any atom is -0.396 e. The summed E-state index contributed by atoms with van der Waals surface area (Å²) in [6.07, 6.45) is 0. The van der Waals surface area contributed by atoms with Gasteiger partial charge in [-0.25, -0.2) is 0 Å². The van der Waals surface area contributed by atoms with Crippen molar-refractivity contribution in [2.75, 3.05) is 25.1 Å². The number of halogens is 1. The van der Waals surface area contributed by atoms with Crippen LogP contribution in [0, 0.1) is 5.41 Å². The molecule has 0 spiro atoms. The Morgan fingerprint density at radius 3 is 2.53 bits per heavy atom. The second-order valence-corrected chi connectivity index (χ2v) is 4.43. The molecule has 0 amide bonds. The SMILES string of the molecule is CC(CO)(CO)CNc1cccc(Cl)c1. The maximum absolute atomic E-state index is 9.09. The van der Waals surface area contributed by atoms with Crippen LogP contribution >= 0.6 is 11.6 Å². The summed E-state index contributed by atoms with van der Waals surface area (Å²) >= 11 is 5.82. The Balaban J connectivity index is 2.56. The summed E-state index contributed by atoms with van der Waals surface area (Å²) in [6.45, 7) is 2.19. The molecule has 0 aliphatic heterocycles. The Morgan fingerprint density at radius 1 is 1.33 bits per heavy atom. The van der Waals surface area contributed by atoms with Gasteiger partial charge in [0.15, 0.2) is 0 Å². The van der Waals surface area contributed by atoms with Gasteiger partial charge in [-0.2, -0.15) is 0 Å². The van der Waals surface area contributed by atoms with Crippen LogP contribution in [0.4, 0.5) is 5.69 Å². The molecule has 15 heavy (non-hydrogen) atoms. The van der Waals surface area contributed by atoms with Crippen molar-refractivity contribution in [3.63, 3.8) is 0 Å². The molecular formula is C11H16ClNO2. The largest absolute Gasteiger partial charge is 0.396 e. The van der Waals surface area contributed by atoms with E-state index >= 15 is 0 Å². The van der Waals surface area contributed by atoms with E-state index in [1.54, 1.807) is 12.1 Å². The molecular weight excluding hydrogens is 214 g/mol. The summed E-state index contributed by atoms with van der Waals surface area (Å²) in [4.78, 5) is 0. The molecule has 84 valence electrons. The molecule has 3 nitrogen and oxygen atoms in total. The second kappa shape index (κ2) is 5.35. The zero-order chi connectivity index (χ0) is 11.3. The van der Waals surface area contributed by atoms with E-state index < -0.39 is 5.41 Å². The van der Waals surface area contributed by atoms with Crippen molar-refractivity contribution in [2.24, 2.45) is 5.41 Å². The smallest absolute Gasteiger partial charge is 0.0523 e. The van der Waals surface area contributed by atoms with Crippen LogP contribution in [0.3, 0.4) is 0 Å². The third kappa shape index (κ3) is 3.70. The molecule has 1 aromatic carbocycles. The third-order valence-corrected chi connectivity index (χ3v) is 2.54. The molecule has 0 saturated carbocycles. The van der Waals surface area contributed by atoms with Crippen molar-refractivity contribution in [1.29, 1.82) is 0 Å². The molecule has 0 saturated heterocycles. The van der Waals surface area contributed by atoms with Gasteiger partial charge < -0.3 is 15.5 Å². The zero-order valence-corrected chi connectivity index (χ0v) is 9.46. The zero-order valence-electron chi connectivity index (χ0n) is 8.70. The molecule has 1 rings (SSSR count). The highest BCUT2D eigenvalue weighted by Gasteiger charge is 2.21. The first-order chi connectivity index (χ1) is 7.09. The molecule has 0 fully saturated rings. The van der Waals surface area contributed by atoms with Gasteiger partial charge in [0.05, 0.1) is 13.2 Å². The second-order valence-electron chi connectivity index (χ2n) is 3.99. The number of anilines is 1. The molecule has 0 radical (unpaired) electrons. The van der Waals surface area contributed by atoms with E-state index in [-0.39, 0.29) is 13.2 Å². The highest BCUT2D eigenvalue weighted by Crippen LogP contribution is 2.18. The first kappa shape index (κ1) is 12.3. The van der Waals surface area contributed by atoms with Gasteiger partial charge in [-0.05, 0) is 18.2 Å². The summed E-state index contributed by atoms with van der Waals surface area (Å²) in [5, 5.41) is 22.0. The molecule has 0 aliphatic rings. The number of hydrogen-bond acceptors (Lipinski definition) is 3. The molecule has 0 bridgehead atoms. The Morgan fingerprint density at radius 2 is 2.00 bits per heavy atom. The van der Waals surface area contributed by atoms with Crippen LogP contribution in [0.1, 0.15) is 6.92 Å². The van der Waals surface area contributed by atoms with Gasteiger partial charge in [-0.3, -0.25) is 0 Å². The fourth-order valence-corrected chi connectivity index (χ4v) is 1.27. The predicted molar refractivity (Wildman–Crippen MR) is 62.2 cm³/mol. The molecule has 3 N–H and O–H groups in total. The number of nitrogens with one attached hydrogen (secondary N) is 1. The minimum absolute atomic E-state index is 0.0585. The first-order valence-electron chi connectivity index (χ1n) is 4.81. The van der Waals surface area contributed by atoms with Gasteiger partial charge >= 0.3 is 0 Å². The van der Waals surface area contributed by atoms with Crippen LogP contribution < -0.4 is 5.32 Å². The standard InChI is InChI=1S/C11H16ClNO2/c1-11(7-14,8-15)6-13-10-4-2-3-9(12)5-10/h2-5,13-15H,6-8H2,1H3. The van der Waals surface area contributed by atoms with E-state index in [2.05, 4.69) is 5.32 Å². The summed E-state index contributed by atoms with van der Waals surface area (Å²) in [5.74, 6) is 0. The van der Waals surface area contributed by atoms with Gasteiger partial charge in [0.2, 0.25) is 0 Å². The molecule has 0 atom stereocenters. The van der Waals surface area contributed by atoms with Crippen LogP contribution in [0.5, 0.6) is 0 Å². The fourth-order valence-electron chi connectivity index (χ4n) is 1.08. The third-order valence-electron chi connectivity index (χ3n) is 2.31. The van der Waals surface area contributed by atoms with Crippen molar-refractivity contribution in [3.05, 3.63) is 29.3 Å². The van der Waals surface area contributed by atoms with E-state index in [4.69, 9.17) is 21.8 Å². The highest BCUT2D eigenvalue weighted by atomic mass is 35.5. The topological polar surface area (TPSA) is 52.5 Å². The number of benzene rings is 1. The Kier molecular flexibility index (Phi) is 4.39. The minimum atomic E-state index is -0.512. The molecule has 0 unspecified atom stereocenters. The number of aliphatic hydroxyl groups is 2. The molecule has 0 heterocycles. The maximum atomic E-state index is 9.09. The van der Waals surface area contributed by atoms with Crippen LogP contribution in [0.2, 0.25) is 5.02 Å². The Labute approximate surface area is 94.7 Å². The summed E-state index contributed by atoms with van der Waals surface area (Å²) in [6, 6.07) is 7.34. The predicted octanol–water partition coefficient (Wildman–Crippen LogP) is 1.74. The summed E-state index contributed by atoms with van der Waals surface area (Å²) in [5.41, 5.74) is 0.373. The van der Waals surface area contributed by atoms with Crippen molar-refractivity contribution in [1.82, 2.24) is 0 Å². The van der Waals surface area contributed by atoms with Gasteiger partial charge in [-0.1, -0.05) is 24.6 Å². The highest BCUT2D eigenvalue weighted by molar-refractivity contribution is 6.30. The van der Waals surface area contributed by atoms with Gasteiger partial charge in [-0.15, -0.1) is 0 Å². The first-order valence-corrected chi connectivity index (χ1v) is 5.18. The average molecular weight is 230 g/mol. The lowest BCUT2D eigenvalue weighted by atomic mass is 9.93. The molecule has 4 heteroatoms. The number of rotatable bonds is 5. The molecule has 1 aromatic rings. The van der Waals surface area contributed by atoms with Crippen molar-refractivity contribution in [2.45, 2.75) is 6.92 Å². The van der Waals surface area contributed by atoms with Crippen molar-refractivity contribution in [3.8, 4) is 0 Å². The lowest BCUT2D eigenvalue weighted by Crippen LogP contribution is -2.33. The van der Waals surface area contributed by atoms with Gasteiger partial charge in [0.25, 0.3) is 0 Å². The van der Waals surface area contributed by atoms with E-state index in [9.17, 15) is 0 Å². The number of hydrogen-bond donors (Lipinski definition) is 3. The van der Waals surface area contributed by atoms with Crippen LogP contribution in [0.15, 0.2) is 24.3 Å². The maximum Gasteiger partial charge on any atom is 0.0523 e. The Bertz CT molecular complexity index is 313. The summed E-state index contributed by atoms with van der Waals surface area (Å²) < 4.78 is 0. The van der Waals surface area contributed by atoms with E-state index in [1.165, 1.54) is 0 Å². The quantitative estimate of drug-likeness (QED) is 0.721. The van der Waals surface area contributed by atoms with Crippen LogP contribution in [-0.4, -0.2) is 30.0 Å². The van der Waals surface area contributed by atoms with Crippen LogP contribution in [0.25, 0.3) is 0 Å². The normalized spacial score (nSPS) is 11.5. The lowest BCUT2D eigenvalue weighted by molar-refractivity contribution is 0.0806. The van der Waals surface area contributed by atoms with E-state index in [1.807, 2.05) is 19.1 Å². The molecule has 0 aromatic heterocycles. The van der Waals surface area contributed by atoms with Crippen molar-refractivity contribution < 1.29 is 10.2 Å². The van der Waals surface area contributed by atoms with Crippen molar-refractivity contribution >= 4 is 17.3 Å². The summed E-state index contributed by atoms with van der Waals surface area (Å²) in [7, 11) is 0. The Hall–Kier alpha value is -0.770. The van der Waals surface area contributed by atoms with E-state index in [0.29, 0.717) is 11.6 Å². The monoisotopic (exact) mass is 229 g/mol. The lowest BCUT2D eigenvalue weighted by Gasteiger charge is -2.25. The average Bonchev–Trinajstić information content (AvgIpc) is 2.26. The van der Waals surface area contributed by atoms with Gasteiger partial charge in [0, 0.05) is 22.7 Å². The fraction of sp³-hybridized carbons (Fsp3) is 0.455. The van der Waals surface area contributed by atoms with E-state index in [0.717, 1.165) is 5.69 Å².